The molecule has 0 unspecified atom stereocenters. The van der Waals surface area contributed by atoms with Crippen LogP contribution in [0.3, 0.4) is 0 Å². The number of benzene rings is 2. The van der Waals surface area contributed by atoms with Crippen molar-refractivity contribution in [3.8, 4) is 0 Å². The highest BCUT2D eigenvalue weighted by molar-refractivity contribution is 5.94. The van der Waals surface area contributed by atoms with Crippen molar-refractivity contribution in [1.29, 1.82) is 0 Å². The van der Waals surface area contributed by atoms with Crippen molar-refractivity contribution >= 4 is 22.5 Å². The third-order valence-corrected chi connectivity index (χ3v) is 3.31. The van der Waals surface area contributed by atoms with E-state index in [9.17, 15) is 4.79 Å². The largest absolute Gasteiger partial charge is 0.324 e. The first-order valence-electron chi connectivity index (χ1n) is 7.61. The molecule has 118 valence electrons. The van der Waals surface area contributed by atoms with Crippen LogP contribution in [0.2, 0.25) is 0 Å². The highest BCUT2D eigenvalue weighted by Crippen LogP contribution is 2.15. The van der Waals surface area contributed by atoms with Crippen molar-refractivity contribution < 1.29 is 4.79 Å². The predicted octanol–water partition coefficient (Wildman–Crippen LogP) is 3.38. The van der Waals surface area contributed by atoms with Gasteiger partial charge in [0.2, 0.25) is 5.91 Å². The molecule has 0 bridgehead atoms. The van der Waals surface area contributed by atoms with Crippen LogP contribution in [0.4, 0.5) is 5.69 Å². The maximum atomic E-state index is 11.1. The lowest BCUT2D eigenvalue weighted by molar-refractivity contribution is -0.114. The number of anilines is 1. The third-order valence-electron chi connectivity index (χ3n) is 3.31. The van der Waals surface area contributed by atoms with Gasteiger partial charge in [0.05, 0.1) is 23.9 Å². The number of amides is 1. The minimum atomic E-state index is -0.216. The van der Waals surface area contributed by atoms with Crippen LogP contribution in [-0.2, 0) is 11.2 Å². The van der Waals surface area contributed by atoms with E-state index in [-0.39, 0.29) is 12.5 Å². The quantitative estimate of drug-likeness (QED) is 0.779. The van der Waals surface area contributed by atoms with Gasteiger partial charge in [0, 0.05) is 5.39 Å². The third kappa shape index (κ3) is 5.20. The second kappa shape index (κ2) is 8.66. The first-order valence-corrected chi connectivity index (χ1v) is 7.61. The number of pyridine rings is 1. The van der Waals surface area contributed by atoms with Crippen molar-refractivity contribution in [1.82, 2.24) is 4.98 Å². The second-order valence-electron chi connectivity index (χ2n) is 5.01. The van der Waals surface area contributed by atoms with Gasteiger partial charge in [-0.25, -0.2) is 0 Å². The van der Waals surface area contributed by atoms with Crippen LogP contribution in [0.1, 0.15) is 12.5 Å². The Labute approximate surface area is 136 Å². The Bertz CT molecular complexity index is 757. The molecule has 1 aromatic heterocycles. The summed E-state index contributed by atoms with van der Waals surface area (Å²) in [5.74, 6) is -0.216. The Balaban J connectivity index is 0.000000203. The molecule has 0 aliphatic carbocycles. The first kappa shape index (κ1) is 16.6. The number of aryl methyl sites for hydroxylation is 1. The molecule has 0 aliphatic heterocycles. The standard InChI is InChI=1S/C11H11N3O.C8H10/c12-6-11(15)14-9-5-8-3-1-2-4-10(8)13-7-9;1-2-8-6-4-3-5-7-8/h1-5,7H,6,12H2,(H,14,15);3-7H,2H2,1H3. The van der Waals surface area contributed by atoms with Crippen LogP contribution in [0, 0.1) is 0 Å². The number of nitrogens with zero attached hydrogens (tertiary/aromatic N) is 1. The Morgan fingerprint density at radius 2 is 1.78 bits per heavy atom. The summed E-state index contributed by atoms with van der Waals surface area (Å²) >= 11 is 0. The summed E-state index contributed by atoms with van der Waals surface area (Å²) in [6.07, 6.45) is 2.76. The van der Waals surface area contributed by atoms with E-state index >= 15 is 0 Å². The van der Waals surface area contributed by atoms with Gasteiger partial charge < -0.3 is 11.1 Å². The number of nitrogens with one attached hydrogen (secondary N) is 1. The van der Waals surface area contributed by atoms with Crippen molar-refractivity contribution in [2.75, 3.05) is 11.9 Å². The topological polar surface area (TPSA) is 68.0 Å². The Morgan fingerprint density at radius 3 is 2.43 bits per heavy atom. The van der Waals surface area contributed by atoms with E-state index in [0.29, 0.717) is 5.69 Å². The Kier molecular flexibility index (Phi) is 6.27. The van der Waals surface area contributed by atoms with Crippen molar-refractivity contribution in [2.24, 2.45) is 5.73 Å². The smallest absolute Gasteiger partial charge is 0.238 e. The summed E-state index contributed by atoms with van der Waals surface area (Å²) in [5.41, 5.74) is 8.19. The lowest BCUT2D eigenvalue weighted by Gasteiger charge is -2.03. The van der Waals surface area contributed by atoms with Gasteiger partial charge in [0.1, 0.15) is 0 Å². The minimum absolute atomic E-state index is 0.0210. The lowest BCUT2D eigenvalue weighted by Crippen LogP contribution is -2.21. The Morgan fingerprint density at radius 1 is 1.09 bits per heavy atom. The molecule has 4 heteroatoms. The minimum Gasteiger partial charge on any atom is -0.324 e. The normalized spacial score (nSPS) is 9.83. The zero-order chi connectivity index (χ0) is 16.5. The number of aromatic nitrogens is 1. The molecule has 2 aromatic carbocycles. The van der Waals surface area contributed by atoms with E-state index in [1.54, 1.807) is 6.20 Å². The van der Waals surface area contributed by atoms with Gasteiger partial charge in [0.25, 0.3) is 0 Å². The van der Waals surface area contributed by atoms with Crippen LogP contribution in [0.5, 0.6) is 0 Å². The van der Waals surface area contributed by atoms with E-state index in [4.69, 9.17) is 5.73 Å². The van der Waals surface area contributed by atoms with Gasteiger partial charge in [-0.05, 0) is 24.1 Å². The monoisotopic (exact) mass is 307 g/mol. The number of rotatable bonds is 3. The molecule has 3 aromatic rings. The molecule has 3 N–H and O–H groups in total. The van der Waals surface area contributed by atoms with Crippen molar-refractivity contribution in [2.45, 2.75) is 13.3 Å². The van der Waals surface area contributed by atoms with Crippen LogP contribution in [0.25, 0.3) is 10.9 Å². The van der Waals surface area contributed by atoms with E-state index < -0.39 is 0 Å². The molecule has 23 heavy (non-hydrogen) atoms. The maximum absolute atomic E-state index is 11.1. The highest BCUT2D eigenvalue weighted by atomic mass is 16.1. The number of carbonyl (C=O) groups excluding carboxylic acids is 1. The van der Waals surface area contributed by atoms with Crippen molar-refractivity contribution in [3.05, 3.63) is 72.4 Å². The predicted molar refractivity (Wildman–Crippen MR) is 95.2 cm³/mol. The summed E-state index contributed by atoms with van der Waals surface area (Å²) in [5, 5.41) is 3.65. The molecule has 0 atom stereocenters. The Hall–Kier alpha value is -2.72. The summed E-state index contributed by atoms with van der Waals surface area (Å²) in [4.78, 5) is 15.3. The SMILES string of the molecule is CCc1ccccc1.NCC(=O)Nc1cnc2ccccc2c1. The summed E-state index contributed by atoms with van der Waals surface area (Å²) in [6.45, 7) is 2.14. The van der Waals surface area contributed by atoms with Gasteiger partial charge in [-0.15, -0.1) is 0 Å². The summed E-state index contributed by atoms with van der Waals surface area (Å²) in [7, 11) is 0. The molecular weight excluding hydrogens is 286 g/mol. The number of hydrogen-bond donors (Lipinski definition) is 2. The molecule has 1 amide bonds. The fraction of sp³-hybridized carbons (Fsp3) is 0.158. The highest BCUT2D eigenvalue weighted by Gasteiger charge is 2.00. The molecule has 0 fully saturated rings. The average molecular weight is 307 g/mol. The van der Waals surface area contributed by atoms with Gasteiger partial charge in [-0.1, -0.05) is 55.5 Å². The fourth-order valence-corrected chi connectivity index (χ4v) is 2.07. The fourth-order valence-electron chi connectivity index (χ4n) is 2.07. The van der Waals surface area contributed by atoms with E-state index in [1.165, 1.54) is 5.56 Å². The van der Waals surface area contributed by atoms with E-state index in [2.05, 4.69) is 41.5 Å². The maximum Gasteiger partial charge on any atom is 0.238 e. The first-order chi connectivity index (χ1) is 11.2. The second-order valence-corrected chi connectivity index (χ2v) is 5.01. The van der Waals surface area contributed by atoms with Gasteiger partial charge >= 0.3 is 0 Å². The molecule has 0 saturated heterocycles. The number of hydrogen-bond acceptors (Lipinski definition) is 3. The molecular formula is C19H21N3O. The number of para-hydroxylation sites is 1. The zero-order valence-corrected chi connectivity index (χ0v) is 13.2. The molecule has 4 nitrogen and oxygen atoms in total. The summed E-state index contributed by atoms with van der Waals surface area (Å²) in [6, 6.07) is 20.0. The molecule has 3 rings (SSSR count). The molecule has 0 radical (unpaired) electrons. The molecule has 1 heterocycles. The van der Waals surface area contributed by atoms with Crippen LogP contribution in [0.15, 0.2) is 66.9 Å². The number of nitrogens with two attached hydrogens (primary N) is 1. The number of fused-ring (bicyclic) bond motifs is 1. The van der Waals surface area contributed by atoms with E-state index in [0.717, 1.165) is 17.3 Å². The number of carbonyl (C=O) groups is 1. The van der Waals surface area contributed by atoms with Gasteiger partial charge in [0.15, 0.2) is 0 Å². The molecule has 0 spiro atoms. The van der Waals surface area contributed by atoms with Crippen LogP contribution in [-0.4, -0.2) is 17.4 Å². The van der Waals surface area contributed by atoms with Gasteiger partial charge in [-0.2, -0.15) is 0 Å². The zero-order valence-electron chi connectivity index (χ0n) is 13.2. The van der Waals surface area contributed by atoms with Gasteiger partial charge in [-0.3, -0.25) is 9.78 Å². The van der Waals surface area contributed by atoms with Crippen LogP contribution >= 0.6 is 0 Å². The van der Waals surface area contributed by atoms with Crippen LogP contribution < -0.4 is 11.1 Å². The average Bonchev–Trinajstić information content (AvgIpc) is 2.62. The summed E-state index contributed by atoms with van der Waals surface area (Å²) < 4.78 is 0. The van der Waals surface area contributed by atoms with Crippen molar-refractivity contribution in [3.63, 3.8) is 0 Å². The molecule has 0 saturated carbocycles. The lowest BCUT2D eigenvalue weighted by atomic mass is 10.2. The molecule has 0 aliphatic rings. The van der Waals surface area contributed by atoms with E-state index in [1.807, 2.05) is 36.4 Å².